The fraction of sp³-hybridized carbons (Fsp3) is 0.714. The van der Waals surface area contributed by atoms with Crippen molar-refractivity contribution < 1.29 is 0 Å². The smallest absolute Gasteiger partial charge is 0.134 e. The SMILES string of the molecule is CCc1nc(Cl)cc(NCCCCN2CCCC2)n1. The predicted octanol–water partition coefficient (Wildman–Crippen LogP) is 2.98. The van der Waals surface area contributed by atoms with E-state index in [1.165, 1.54) is 45.3 Å². The molecule has 1 saturated heterocycles. The minimum Gasteiger partial charge on any atom is -0.370 e. The molecule has 1 aliphatic heterocycles. The fourth-order valence-corrected chi connectivity index (χ4v) is 2.60. The number of aryl methyl sites for hydroxylation is 1. The second kappa shape index (κ2) is 7.65. The highest BCUT2D eigenvalue weighted by molar-refractivity contribution is 6.29. The van der Waals surface area contributed by atoms with E-state index in [1.54, 1.807) is 6.07 Å². The number of aromatic nitrogens is 2. The number of anilines is 1. The summed E-state index contributed by atoms with van der Waals surface area (Å²) < 4.78 is 0. The first-order valence-electron chi connectivity index (χ1n) is 7.27. The van der Waals surface area contributed by atoms with E-state index in [2.05, 4.69) is 20.2 Å². The molecule has 1 N–H and O–H groups in total. The highest BCUT2D eigenvalue weighted by Crippen LogP contribution is 2.12. The van der Waals surface area contributed by atoms with Crippen molar-refractivity contribution in [3.63, 3.8) is 0 Å². The third kappa shape index (κ3) is 4.96. The molecule has 106 valence electrons. The van der Waals surface area contributed by atoms with Crippen LogP contribution in [0, 0.1) is 0 Å². The van der Waals surface area contributed by atoms with Gasteiger partial charge in [0.1, 0.15) is 16.8 Å². The summed E-state index contributed by atoms with van der Waals surface area (Å²) in [6, 6.07) is 1.79. The third-order valence-electron chi connectivity index (χ3n) is 3.46. The molecule has 19 heavy (non-hydrogen) atoms. The van der Waals surface area contributed by atoms with Crippen LogP contribution in [-0.4, -0.2) is 41.0 Å². The monoisotopic (exact) mass is 282 g/mol. The summed E-state index contributed by atoms with van der Waals surface area (Å²) in [6.45, 7) is 6.78. The van der Waals surface area contributed by atoms with Crippen molar-refractivity contribution in [2.75, 3.05) is 31.5 Å². The second-order valence-electron chi connectivity index (χ2n) is 5.03. The molecular formula is C14H23ClN4. The molecular weight excluding hydrogens is 260 g/mol. The van der Waals surface area contributed by atoms with Crippen LogP contribution in [0.25, 0.3) is 0 Å². The maximum atomic E-state index is 5.96. The van der Waals surface area contributed by atoms with Crippen molar-refractivity contribution in [3.05, 3.63) is 17.0 Å². The van der Waals surface area contributed by atoms with Crippen LogP contribution in [0.15, 0.2) is 6.07 Å². The summed E-state index contributed by atoms with van der Waals surface area (Å²) in [5, 5.41) is 3.85. The molecule has 0 amide bonds. The number of hydrogen-bond donors (Lipinski definition) is 1. The molecule has 4 nitrogen and oxygen atoms in total. The Morgan fingerprint density at radius 1 is 1.26 bits per heavy atom. The van der Waals surface area contributed by atoms with Crippen molar-refractivity contribution in [1.29, 1.82) is 0 Å². The van der Waals surface area contributed by atoms with Gasteiger partial charge in [-0.3, -0.25) is 0 Å². The van der Waals surface area contributed by atoms with E-state index in [1.807, 2.05) is 6.92 Å². The Morgan fingerprint density at radius 2 is 2.05 bits per heavy atom. The van der Waals surface area contributed by atoms with Gasteiger partial charge in [-0.2, -0.15) is 0 Å². The molecule has 0 saturated carbocycles. The van der Waals surface area contributed by atoms with E-state index in [-0.39, 0.29) is 0 Å². The summed E-state index contributed by atoms with van der Waals surface area (Å²) in [5.74, 6) is 1.64. The fourth-order valence-electron chi connectivity index (χ4n) is 2.40. The van der Waals surface area contributed by atoms with Gasteiger partial charge in [-0.1, -0.05) is 18.5 Å². The zero-order valence-corrected chi connectivity index (χ0v) is 12.4. The van der Waals surface area contributed by atoms with Gasteiger partial charge in [0.05, 0.1) is 0 Å². The second-order valence-corrected chi connectivity index (χ2v) is 5.42. The topological polar surface area (TPSA) is 41.1 Å². The molecule has 0 spiro atoms. The Labute approximate surface area is 120 Å². The minimum absolute atomic E-state index is 0.520. The number of likely N-dealkylation sites (tertiary alicyclic amines) is 1. The third-order valence-corrected chi connectivity index (χ3v) is 3.66. The average Bonchev–Trinajstić information content (AvgIpc) is 2.91. The van der Waals surface area contributed by atoms with Gasteiger partial charge < -0.3 is 10.2 Å². The van der Waals surface area contributed by atoms with Gasteiger partial charge >= 0.3 is 0 Å². The van der Waals surface area contributed by atoms with Crippen LogP contribution < -0.4 is 5.32 Å². The number of nitrogens with one attached hydrogen (secondary N) is 1. The lowest BCUT2D eigenvalue weighted by Gasteiger charge is -2.14. The van der Waals surface area contributed by atoms with Gasteiger partial charge in [-0.15, -0.1) is 0 Å². The first-order chi connectivity index (χ1) is 9.28. The van der Waals surface area contributed by atoms with Gasteiger partial charge in [0.2, 0.25) is 0 Å². The first-order valence-corrected chi connectivity index (χ1v) is 7.65. The van der Waals surface area contributed by atoms with Crippen molar-refractivity contribution in [1.82, 2.24) is 14.9 Å². The van der Waals surface area contributed by atoms with Gasteiger partial charge in [0, 0.05) is 19.0 Å². The van der Waals surface area contributed by atoms with Crippen LogP contribution in [0.4, 0.5) is 5.82 Å². The zero-order chi connectivity index (χ0) is 13.5. The molecule has 5 heteroatoms. The minimum atomic E-state index is 0.520. The van der Waals surface area contributed by atoms with E-state index in [9.17, 15) is 0 Å². The number of unbranched alkanes of at least 4 members (excludes halogenated alkanes) is 1. The van der Waals surface area contributed by atoms with Gasteiger partial charge in [0.15, 0.2) is 0 Å². The van der Waals surface area contributed by atoms with Crippen LogP contribution in [0.1, 0.15) is 38.4 Å². The van der Waals surface area contributed by atoms with Crippen molar-refractivity contribution in [3.8, 4) is 0 Å². The Bertz CT molecular complexity index is 391. The lowest BCUT2D eigenvalue weighted by atomic mass is 10.3. The van der Waals surface area contributed by atoms with Gasteiger partial charge in [-0.25, -0.2) is 9.97 Å². The molecule has 0 radical (unpaired) electrons. The van der Waals surface area contributed by atoms with Crippen molar-refractivity contribution >= 4 is 17.4 Å². The summed E-state index contributed by atoms with van der Waals surface area (Å²) >= 11 is 5.96. The largest absolute Gasteiger partial charge is 0.370 e. The van der Waals surface area contributed by atoms with Crippen molar-refractivity contribution in [2.45, 2.75) is 39.0 Å². The molecule has 0 bridgehead atoms. The molecule has 2 heterocycles. The maximum absolute atomic E-state index is 5.96. The predicted molar refractivity (Wildman–Crippen MR) is 79.8 cm³/mol. The van der Waals surface area contributed by atoms with Crippen LogP contribution in [0.3, 0.4) is 0 Å². The van der Waals surface area contributed by atoms with Gasteiger partial charge in [0.25, 0.3) is 0 Å². The van der Waals surface area contributed by atoms with E-state index in [0.717, 1.165) is 24.6 Å². The Balaban J connectivity index is 1.66. The van der Waals surface area contributed by atoms with E-state index >= 15 is 0 Å². The number of rotatable bonds is 7. The number of halogens is 1. The summed E-state index contributed by atoms with van der Waals surface area (Å²) in [6.07, 6.45) is 5.96. The van der Waals surface area contributed by atoms with Crippen LogP contribution >= 0.6 is 11.6 Å². The quantitative estimate of drug-likeness (QED) is 0.617. The molecule has 1 aromatic heterocycles. The van der Waals surface area contributed by atoms with Crippen molar-refractivity contribution in [2.24, 2.45) is 0 Å². The molecule has 1 fully saturated rings. The standard InChI is InChI=1S/C14H23ClN4/c1-2-13-17-12(15)11-14(18-13)16-7-3-4-8-19-9-5-6-10-19/h11H,2-10H2,1H3,(H,16,17,18). The Morgan fingerprint density at radius 3 is 2.79 bits per heavy atom. The summed E-state index contributed by atoms with van der Waals surface area (Å²) in [4.78, 5) is 11.1. The molecule has 2 rings (SSSR count). The van der Waals surface area contributed by atoms with E-state index < -0.39 is 0 Å². The molecule has 1 aromatic rings. The molecule has 1 aliphatic rings. The maximum Gasteiger partial charge on any atom is 0.134 e. The lowest BCUT2D eigenvalue weighted by Crippen LogP contribution is -2.20. The van der Waals surface area contributed by atoms with Crippen LogP contribution in [0.5, 0.6) is 0 Å². The van der Waals surface area contributed by atoms with Gasteiger partial charge in [-0.05, 0) is 45.3 Å². The highest BCUT2D eigenvalue weighted by Gasteiger charge is 2.10. The average molecular weight is 283 g/mol. The summed E-state index contributed by atoms with van der Waals surface area (Å²) in [5.41, 5.74) is 0. The summed E-state index contributed by atoms with van der Waals surface area (Å²) in [7, 11) is 0. The lowest BCUT2D eigenvalue weighted by molar-refractivity contribution is 0.331. The van der Waals surface area contributed by atoms with E-state index in [0.29, 0.717) is 5.15 Å². The molecule has 0 unspecified atom stereocenters. The van der Waals surface area contributed by atoms with Crippen LogP contribution in [0.2, 0.25) is 5.15 Å². The Kier molecular flexibility index (Phi) is 5.86. The Hall–Kier alpha value is -0.870. The van der Waals surface area contributed by atoms with E-state index in [4.69, 9.17) is 11.6 Å². The zero-order valence-electron chi connectivity index (χ0n) is 11.7. The highest BCUT2D eigenvalue weighted by atomic mass is 35.5. The first kappa shape index (κ1) is 14.5. The normalized spacial score (nSPS) is 15.9. The van der Waals surface area contributed by atoms with Crippen LogP contribution in [-0.2, 0) is 6.42 Å². The molecule has 0 aliphatic carbocycles. The molecule has 0 aromatic carbocycles. The number of nitrogens with zero attached hydrogens (tertiary/aromatic N) is 3. The molecule has 0 atom stereocenters. The number of hydrogen-bond acceptors (Lipinski definition) is 4.